The van der Waals surface area contributed by atoms with Crippen molar-refractivity contribution < 1.29 is 5.11 Å². The lowest BCUT2D eigenvalue weighted by atomic mass is 10.0. The van der Waals surface area contributed by atoms with Crippen molar-refractivity contribution in [3.05, 3.63) is 24.3 Å². The fourth-order valence-corrected chi connectivity index (χ4v) is 2.08. The monoisotopic (exact) mass is 206 g/mol. The number of nitrogen functional groups attached to an aromatic ring is 1. The third-order valence-corrected chi connectivity index (χ3v) is 3.07. The van der Waals surface area contributed by atoms with Gasteiger partial charge >= 0.3 is 0 Å². The highest BCUT2D eigenvalue weighted by Crippen LogP contribution is 2.29. The van der Waals surface area contributed by atoms with Gasteiger partial charge in [0.05, 0.1) is 5.60 Å². The Bertz CT molecular complexity index is 315. The van der Waals surface area contributed by atoms with Crippen LogP contribution in [0, 0.1) is 0 Å². The van der Waals surface area contributed by atoms with Gasteiger partial charge in [-0.25, -0.2) is 0 Å². The van der Waals surface area contributed by atoms with E-state index in [-0.39, 0.29) is 0 Å². The van der Waals surface area contributed by atoms with Crippen LogP contribution in [0.3, 0.4) is 0 Å². The SMILES string of the molecule is Nc1ccc(NCC2(O)CCCC2)cc1. The highest BCUT2D eigenvalue weighted by molar-refractivity contribution is 5.51. The highest BCUT2D eigenvalue weighted by atomic mass is 16.3. The number of nitrogens with two attached hydrogens (primary N) is 1. The lowest BCUT2D eigenvalue weighted by molar-refractivity contribution is 0.0615. The zero-order valence-electron chi connectivity index (χ0n) is 8.87. The molecule has 0 unspecified atom stereocenters. The van der Waals surface area contributed by atoms with E-state index in [2.05, 4.69) is 5.32 Å². The van der Waals surface area contributed by atoms with Crippen molar-refractivity contribution >= 4 is 11.4 Å². The van der Waals surface area contributed by atoms with Crippen LogP contribution in [0.2, 0.25) is 0 Å². The lowest BCUT2D eigenvalue weighted by Crippen LogP contribution is -2.33. The molecule has 3 nitrogen and oxygen atoms in total. The molecule has 0 saturated heterocycles. The first-order valence-electron chi connectivity index (χ1n) is 5.50. The molecular weight excluding hydrogens is 188 g/mol. The molecule has 2 rings (SSSR count). The Balaban J connectivity index is 1.90. The molecule has 0 amide bonds. The van der Waals surface area contributed by atoms with E-state index in [0.717, 1.165) is 37.1 Å². The summed E-state index contributed by atoms with van der Waals surface area (Å²) >= 11 is 0. The summed E-state index contributed by atoms with van der Waals surface area (Å²) in [6.07, 6.45) is 4.10. The van der Waals surface area contributed by atoms with E-state index in [1.165, 1.54) is 0 Å². The Morgan fingerprint density at radius 2 is 1.80 bits per heavy atom. The molecule has 0 heterocycles. The van der Waals surface area contributed by atoms with Gasteiger partial charge in [0.25, 0.3) is 0 Å². The molecule has 0 spiro atoms. The summed E-state index contributed by atoms with van der Waals surface area (Å²) in [6, 6.07) is 7.60. The van der Waals surface area contributed by atoms with Crippen LogP contribution in [-0.4, -0.2) is 17.3 Å². The van der Waals surface area contributed by atoms with Crippen LogP contribution in [-0.2, 0) is 0 Å². The van der Waals surface area contributed by atoms with Crippen molar-refractivity contribution in [2.75, 3.05) is 17.6 Å². The van der Waals surface area contributed by atoms with Gasteiger partial charge in [0.2, 0.25) is 0 Å². The van der Waals surface area contributed by atoms with Crippen molar-refractivity contribution in [3.8, 4) is 0 Å². The Morgan fingerprint density at radius 1 is 1.20 bits per heavy atom. The van der Waals surface area contributed by atoms with Crippen LogP contribution >= 0.6 is 0 Å². The van der Waals surface area contributed by atoms with Crippen LogP contribution in [0.1, 0.15) is 25.7 Å². The lowest BCUT2D eigenvalue weighted by Gasteiger charge is -2.23. The van der Waals surface area contributed by atoms with E-state index < -0.39 is 5.60 Å². The summed E-state index contributed by atoms with van der Waals surface area (Å²) < 4.78 is 0. The van der Waals surface area contributed by atoms with Gasteiger partial charge in [0, 0.05) is 17.9 Å². The second kappa shape index (κ2) is 4.11. The molecular formula is C12H18N2O. The van der Waals surface area contributed by atoms with Gasteiger partial charge in [-0.05, 0) is 37.1 Å². The third kappa shape index (κ3) is 2.63. The van der Waals surface area contributed by atoms with Crippen molar-refractivity contribution in [2.24, 2.45) is 0 Å². The van der Waals surface area contributed by atoms with Crippen LogP contribution in [0.4, 0.5) is 11.4 Å². The van der Waals surface area contributed by atoms with Crippen molar-refractivity contribution in [2.45, 2.75) is 31.3 Å². The minimum Gasteiger partial charge on any atom is -0.399 e. The number of anilines is 2. The molecule has 4 N–H and O–H groups in total. The molecule has 1 saturated carbocycles. The summed E-state index contributed by atoms with van der Waals surface area (Å²) in [7, 11) is 0. The first-order chi connectivity index (χ1) is 7.18. The van der Waals surface area contributed by atoms with E-state index in [1.807, 2.05) is 24.3 Å². The maximum atomic E-state index is 10.1. The summed E-state index contributed by atoms with van der Waals surface area (Å²) in [4.78, 5) is 0. The summed E-state index contributed by atoms with van der Waals surface area (Å²) in [5, 5.41) is 13.4. The van der Waals surface area contributed by atoms with Gasteiger partial charge in [-0.15, -0.1) is 0 Å². The van der Waals surface area contributed by atoms with Gasteiger partial charge in [0.1, 0.15) is 0 Å². The number of hydrogen-bond donors (Lipinski definition) is 3. The Hall–Kier alpha value is -1.22. The quantitative estimate of drug-likeness (QED) is 0.663. The average Bonchev–Trinajstić information content (AvgIpc) is 2.65. The molecule has 15 heavy (non-hydrogen) atoms. The maximum Gasteiger partial charge on any atom is 0.0819 e. The number of hydrogen-bond acceptors (Lipinski definition) is 3. The zero-order chi connectivity index (χ0) is 10.7. The second-order valence-corrected chi connectivity index (χ2v) is 4.41. The Kier molecular flexibility index (Phi) is 2.82. The maximum absolute atomic E-state index is 10.1. The van der Waals surface area contributed by atoms with E-state index in [1.54, 1.807) is 0 Å². The third-order valence-electron chi connectivity index (χ3n) is 3.07. The Morgan fingerprint density at radius 3 is 2.40 bits per heavy atom. The molecule has 0 aromatic heterocycles. The summed E-state index contributed by atoms with van der Waals surface area (Å²) in [6.45, 7) is 0.636. The second-order valence-electron chi connectivity index (χ2n) is 4.41. The van der Waals surface area contributed by atoms with E-state index in [0.29, 0.717) is 6.54 Å². The molecule has 82 valence electrons. The zero-order valence-corrected chi connectivity index (χ0v) is 8.87. The standard InChI is InChI=1S/C12H18N2O/c13-10-3-5-11(6-4-10)14-9-12(15)7-1-2-8-12/h3-6,14-15H,1-2,7-9,13H2. The molecule has 3 heteroatoms. The Labute approximate surface area is 90.3 Å². The molecule has 1 aromatic carbocycles. The van der Waals surface area contributed by atoms with Crippen LogP contribution in [0.5, 0.6) is 0 Å². The number of benzene rings is 1. The van der Waals surface area contributed by atoms with E-state index in [9.17, 15) is 5.11 Å². The van der Waals surface area contributed by atoms with Crippen LogP contribution in [0.25, 0.3) is 0 Å². The molecule has 0 bridgehead atoms. The topological polar surface area (TPSA) is 58.3 Å². The molecule has 1 aliphatic carbocycles. The first-order valence-corrected chi connectivity index (χ1v) is 5.50. The summed E-state index contributed by atoms with van der Waals surface area (Å²) in [5.74, 6) is 0. The van der Waals surface area contributed by atoms with Gasteiger partial charge in [0.15, 0.2) is 0 Å². The minimum atomic E-state index is -0.499. The minimum absolute atomic E-state index is 0.499. The molecule has 0 radical (unpaired) electrons. The van der Waals surface area contributed by atoms with Crippen molar-refractivity contribution in [1.82, 2.24) is 0 Å². The molecule has 1 fully saturated rings. The van der Waals surface area contributed by atoms with Crippen molar-refractivity contribution in [1.29, 1.82) is 0 Å². The number of rotatable bonds is 3. The fourth-order valence-electron chi connectivity index (χ4n) is 2.08. The van der Waals surface area contributed by atoms with Crippen LogP contribution in [0.15, 0.2) is 24.3 Å². The molecule has 0 atom stereocenters. The smallest absolute Gasteiger partial charge is 0.0819 e. The van der Waals surface area contributed by atoms with Gasteiger partial charge < -0.3 is 16.2 Å². The number of nitrogens with one attached hydrogen (secondary N) is 1. The van der Waals surface area contributed by atoms with Gasteiger partial charge in [-0.2, -0.15) is 0 Å². The fraction of sp³-hybridized carbons (Fsp3) is 0.500. The number of aliphatic hydroxyl groups is 1. The highest BCUT2D eigenvalue weighted by Gasteiger charge is 2.30. The van der Waals surface area contributed by atoms with Crippen LogP contribution < -0.4 is 11.1 Å². The van der Waals surface area contributed by atoms with E-state index >= 15 is 0 Å². The normalized spacial score (nSPS) is 19.0. The van der Waals surface area contributed by atoms with Crippen molar-refractivity contribution in [3.63, 3.8) is 0 Å². The molecule has 1 aliphatic rings. The predicted octanol–water partition coefficient (Wildman–Crippen LogP) is 1.99. The average molecular weight is 206 g/mol. The summed E-state index contributed by atoms with van der Waals surface area (Å²) in [5.41, 5.74) is 6.88. The van der Waals surface area contributed by atoms with E-state index in [4.69, 9.17) is 5.73 Å². The first kappa shape index (κ1) is 10.3. The van der Waals surface area contributed by atoms with Gasteiger partial charge in [-0.1, -0.05) is 12.8 Å². The molecule has 1 aromatic rings. The van der Waals surface area contributed by atoms with Gasteiger partial charge in [-0.3, -0.25) is 0 Å². The molecule has 0 aliphatic heterocycles. The largest absolute Gasteiger partial charge is 0.399 e. The predicted molar refractivity (Wildman–Crippen MR) is 62.8 cm³/mol.